The van der Waals surface area contributed by atoms with Gasteiger partial charge in [-0.25, -0.2) is 0 Å². The monoisotopic (exact) mass is 547 g/mol. The van der Waals surface area contributed by atoms with Crippen LogP contribution in [0.15, 0.2) is 24.3 Å². The molecule has 0 aliphatic heterocycles. The van der Waals surface area contributed by atoms with Crippen molar-refractivity contribution in [2.45, 2.75) is 116 Å². The number of Topliss-reactive ketones (excluding diaryl/α,β-unsaturated/α-hetero) is 1. The lowest BCUT2D eigenvalue weighted by atomic mass is 9.84. The lowest BCUT2D eigenvalue weighted by Crippen LogP contribution is -2.26. The molecule has 2 rings (SSSR count). The van der Waals surface area contributed by atoms with Gasteiger partial charge in [0.15, 0.2) is 5.75 Å². The fourth-order valence-electron chi connectivity index (χ4n) is 4.92. The minimum atomic E-state index is -0.378. The molecule has 1 saturated carbocycles. The zero-order chi connectivity index (χ0) is 27.4. The van der Waals surface area contributed by atoms with Crippen LogP contribution in [-0.4, -0.2) is 48.2 Å². The molecule has 0 N–H and O–H groups in total. The Morgan fingerprint density at radius 2 is 1.26 bits per heavy atom. The molecule has 1 fully saturated rings. The van der Waals surface area contributed by atoms with Crippen molar-refractivity contribution in [3.63, 3.8) is 0 Å². The van der Waals surface area contributed by atoms with Gasteiger partial charge in [0, 0.05) is 5.56 Å². The molecule has 38 heavy (non-hydrogen) atoms. The largest absolute Gasteiger partial charge is 0.466 e. The van der Waals surface area contributed by atoms with E-state index in [0.717, 1.165) is 56.9 Å². The maximum atomic E-state index is 13.2. The summed E-state index contributed by atoms with van der Waals surface area (Å²) in [5, 5.41) is 0. The van der Waals surface area contributed by atoms with Crippen molar-refractivity contribution in [3.05, 3.63) is 35.4 Å². The minimum Gasteiger partial charge on any atom is -0.466 e. The molecule has 0 radical (unpaired) electrons. The molecule has 6 heteroatoms. The van der Waals surface area contributed by atoms with Gasteiger partial charge in [-0.2, -0.15) is 0 Å². The van der Waals surface area contributed by atoms with Crippen molar-refractivity contribution < 1.29 is 23.9 Å². The van der Waals surface area contributed by atoms with Crippen LogP contribution in [0.1, 0.15) is 132 Å². The smallest absolute Gasteiger partial charge is 0.310 e. The quantitative estimate of drug-likeness (QED) is 0.0729. The highest BCUT2D eigenvalue weighted by Gasteiger charge is 2.26. The normalized spacial score (nSPS) is 14.0. The summed E-state index contributed by atoms with van der Waals surface area (Å²) < 4.78 is 10.8. The maximum absolute atomic E-state index is 13.2. The second-order valence-electron chi connectivity index (χ2n) is 10.6. The van der Waals surface area contributed by atoms with Gasteiger partial charge in [-0.3, -0.25) is 14.4 Å². The van der Waals surface area contributed by atoms with E-state index in [0.29, 0.717) is 36.4 Å². The van der Waals surface area contributed by atoms with Crippen molar-refractivity contribution in [3.8, 4) is 0 Å². The van der Waals surface area contributed by atoms with Crippen molar-refractivity contribution >= 4 is 28.6 Å². The van der Waals surface area contributed by atoms with Crippen molar-refractivity contribution in [2.75, 3.05) is 30.5 Å². The number of benzene rings is 1. The first-order valence-corrected chi connectivity index (χ1v) is 16.8. The van der Waals surface area contributed by atoms with E-state index in [1.807, 2.05) is 12.1 Å². The summed E-state index contributed by atoms with van der Waals surface area (Å²) in [6.07, 6.45) is 15.5. The molecule has 0 saturated heterocycles. The van der Waals surface area contributed by atoms with E-state index in [-0.39, 0.29) is 41.5 Å². The molecule has 1 aromatic carbocycles. The summed E-state index contributed by atoms with van der Waals surface area (Å²) in [7, 11) is -0.378. The molecule has 1 aliphatic carbocycles. The second-order valence-corrected chi connectivity index (χ2v) is 12.9. The molecule has 0 aromatic heterocycles. The van der Waals surface area contributed by atoms with E-state index in [1.165, 1.54) is 37.7 Å². The minimum absolute atomic E-state index is 0.0874. The van der Waals surface area contributed by atoms with Crippen LogP contribution >= 0.6 is 0 Å². The zero-order valence-electron chi connectivity index (χ0n) is 24.0. The average Bonchev–Trinajstić information content (AvgIpc) is 2.94. The van der Waals surface area contributed by atoms with Crippen molar-refractivity contribution in [1.82, 2.24) is 0 Å². The van der Waals surface area contributed by atoms with Gasteiger partial charge in [0.25, 0.3) is 0 Å². The van der Waals surface area contributed by atoms with Gasteiger partial charge in [0.1, 0.15) is 11.5 Å². The van der Waals surface area contributed by atoms with Crippen LogP contribution in [0.25, 0.3) is 0 Å². The summed E-state index contributed by atoms with van der Waals surface area (Å²) in [5.41, 5.74) is 2.06. The summed E-state index contributed by atoms with van der Waals surface area (Å²) in [4.78, 5) is 37.7. The summed E-state index contributed by atoms with van der Waals surface area (Å²) in [6, 6.07) is 8.16. The Morgan fingerprint density at radius 3 is 1.76 bits per heavy atom. The molecule has 1 aliphatic rings. The van der Waals surface area contributed by atoms with Gasteiger partial charge >= 0.3 is 11.9 Å². The molecule has 0 heterocycles. The van der Waals surface area contributed by atoms with Crippen LogP contribution < -0.4 is 0 Å². The lowest BCUT2D eigenvalue weighted by Gasteiger charge is -2.22. The van der Waals surface area contributed by atoms with Crippen LogP contribution in [0.4, 0.5) is 0 Å². The highest BCUT2D eigenvalue weighted by molar-refractivity contribution is 7.97. The van der Waals surface area contributed by atoms with E-state index < -0.39 is 0 Å². The first-order chi connectivity index (χ1) is 18.5. The third kappa shape index (κ3) is 13.8. The van der Waals surface area contributed by atoms with Gasteiger partial charge in [0.05, 0.1) is 26.1 Å². The number of esters is 2. The second kappa shape index (κ2) is 20.1. The van der Waals surface area contributed by atoms with E-state index in [1.54, 1.807) is 0 Å². The van der Waals surface area contributed by atoms with E-state index in [9.17, 15) is 14.4 Å². The first-order valence-electron chi connectivity index (χ1n) is 15.1. The summed E-state index contributed by atoms with van der Waals surface area (Å²) in [5.74, 6) is 1.79. The van der Waals surface area contributed by atoms with Gasteiger partial charge in [-0.1, -0.05) is 95.9 Å². The van der Waals surface area contributed by atoms with Gasteiger partial charge in [-0.15, -0.1) is 0 Å². The molecule has 214 valence electrons. The number of carbonyl (C=O) groups is 3. The Hall–Kier alpha value is -1.82. The third-order valence-electron chi connectivity index (χ3n) is 7.36. The molecular weight excluding hydrogens is 496 g/mol. The number of unbranched alkanes of at least 4 members (excludes halogenated alkanes) is 6. The number of hydrogen-bond acceptors (Lipinski definition) is 5. The van der Waals surface area contributed by atoms with Crippen LogP contribution in [0, 0.1) is 0 Å². The molecule has 0 unspecified atom stereocenters. The van der Waals surface area contributed by atoms with Crippen LogP contribution in [0.2, 0.25) is 0 Å². The molecular formula is C32H51O5S+. The fourth-order valence-corrected chi connectivity index (χ4v) is 6.86. The SMILES string of the molecule is CCCCCCOC(=O)CC[S+](CCC(=O)OCCCCCC)CC(=O)c1ccc(C2CCCCC2)cc1. The third-order valence-corrected chi connectivity index (χ3v) is 9.59. The number of ether oxygens (including phenoxy) is 2. The highest BCUT2D eigenvalue weighted by atomic mass is 32.2. The molecule has 0 bridgehead atoms. The Morgan fingerprint density at radius 1 is 0.737 bits per heavy atom. The summed E-state index contributed by atoms with van der Waals surface area (Å²) >= 11 is 0. The average molecular weight is 548 g/mol. The number of rotatable bonds is 20. The predicted molar refractivity (Wildman–Crippen MR) is 158 cm³/mol. The standard InChI is InChI=1S/C32H51O5S/c1-3-5-7-12-22-36-31(34)20-24-38(25-21-32(35)37-23-13-8-6-4-2)26-30(33)29-18-16-28(17-19-29)27-14-10-9-11-15-27/h16-19,27H,3-15,20-26H2,1-2H3/q+1. The van der Waals surface area contributed by atoms with Crippen molar-refractivity contribution in [1.29, 1.82) is 0 Å². The molecule has 1 aromatic rings. The van der Waals surface area contributed by atoms with Crippen LogP contribution in [0.3, 0.4) is 0 Å². The number of ketones is 1. The molecule has 0 amide bonds. The van der Waals surface area contributed by atoms with Crippen LogP contribution in [0.5, 0.6) is 0 Å². The van der Waals surface area contributed by atoms with Gasteiger partial charge in [0.2, 0.25) is 5.78 Å². The molecule has 0 atom stereocenters. The van der Waals surface area contributed by atoms with E-state index in [4.69, 9.17) is 9.47 Å². The van der Waals surface area contributed by atoms with Crippen LogP contribution in [-0.2, 0) is 30.0 Å². The highest BCUT2D eigenvalue weighted by Crippen LogP contribution is 2.32. The fraction of sp³-hybridized carbons (Fsp3) is 0.719. The predicted octanol–water partition coefficient (Wildman–Crippen LogP) is 7.56. The van der Waals surface area contributed by atoms with E-state index in [2.05, 4.69) is 26.0 Å². The number of hydrogen-bond donors (Lipinski definition) is 0. The zero-order valence-corrected chi connectivity index (χ0v) is 24.8. The van der Waals surface area contributed by atoms with Gasteiger partial charge < -0.3 is 9.47 Å². The topological polar surface area (TPSA) is 69.7 Å². The maximum Gasteiger partial charge on any atom is 0.310 e. The Kier molecular flexibility index (Phi) is 17.2. The van der Waals surface area contributed by atoms with Crippen molar-refractivity contribution in [2.24, 2.45) is 0 Å². The number of carbonyl (C=O) groups excluding carboxylic acids is 3. The Balaban J connectivity index is 1.86. The Bertz CT molecular complexity index is 771. The molecule has 0 spiro atoms. The van der Waals surface area contributed by atoms with Gasteiger partial charge in [-0.05, 0) is 48.1 Å². The van der Waals surface area contributed by atoms with E-state index >= 15 is 0 Å². The Labute approximate surface area is 234 Å². The summed E-state index contributed by atoms with van der Waals surface area (Å²) in [6.45, 7) is 5.23. The first kappa shape index (κ1) is 32.4. The lowest BCUT2D eigenvalue weighted by molar-refractivity contribution is -0.144. The molecule has 5 nitrogen and oxygen atoms in total.